The molecule has 1 N–H and O–H groups in total. The van der Waals surface area contributed by atoms with Gasteiger partial charge >= 0.3 is 0 Å². The molecular weight excluding hydrogens is 268 g/mol. The van der Waals surface area contributed by atoms with Crippen LogP contribution in [0.3, 0.4) is 0 Å². The van der Waals surface area contributed by atoms with Crippen molar-refractivity contribution in [2.45, 2.75) is 45.6 Å². The summed E-state index contributed by atoms with van der Waals surface area (Å²) in [6.45, 7) is 2.32. The predicted molar refractivity (Wildman–Crippen MR) is 93.4 cm³/mol. The molecule has 2 rings (SSSR count). The van der Waals surface area contributed by atoms with Gasteiger partial charge in [-0.1, -0.05) is 74.4 Å². The van der Waals surface area contributed by atoms with Crippen molar-refractivity contribution in [3.8, 4) is 23.0 Å². The molecule has 22 heavy (non-hydrogen) atoms. The minimum Gasteiger partial charge on any atom is -0.392 e. The van der Waals surface area contributed by atoms with E-state index in [9.17, 15) is 0 Å². The van der Waals surface area contributed by atoms with Crippen molar-refractivity contribution in [3.63, 3.8) is 0 Å². The highest BCUT2D eigenvalue weighted by Crippen LogP contribution is 2.20. The third-order valence-electron chi connectivity index (χ3n) is 3.74. The van der Waals surface area contributed by atoms with E-state index in [1.54, 1.807) is 0 Å². The average molecular weight is 292 g/mol. The van der Waals surface area contributed by atoms with Gasteiger partial charge in [0, 0.05) is 12.0 Å². The van der Waals surface area contributed by atoms with E-state index in [0.29, 0.717) is 0 Å². The van der Waals surface area contributed by atoms with E-state index in [2.05, 4.69) is 43.0 Å². The SMILES string of the molecule is CCCCCCC#Cc1ccc(-c2ccc(CO)cc2)cc1. The molecule has 0 saturated carbocycles. The Morgan fingerprint density at radius 3 is 2.05 bits per heavy atom. The summed E-state index contributed by atoms with van der Waals surface area (Å²) >= 11 is 0. The summed E-state index contributed by atoms with van der Waals surface area (Å²) in [6.07, 6.45) is 6.06. The van der Waals surface area contributed by atoms with Crippen LogP contribution in [0.4, 0.5) is 0 Å². The monoisotopic (exact) mass is 292 g/mol. The van der Waals surface area contributed by atoms with Gasteiger partial charge in [0.15, 0.2) is 0 Å². The van der Waals surface area contributed by atoms with Gasteiger partial charge in [0.2, 0.25) is 0 Å². The van der Waals surface area contributed by atoms with Gasteiger partial charge in [-0.25, -0.2) is 0 Å². The van der Waals surface area contributed by atoms with E-state index in [1.807, 2.05) is 24.3 Å². The third kappa shape index (κ3) is 5.06. The summed E-state index contributed by atoms with van der Waals surface area (Å²) in [7, 11) is 0. The zero-order valence-corrected chi connectivity index (χ0v) is 13.3. The second-order valence-corrected chi connectivity index (χ2v) is 5.54. The number of aliphatic hydroxyl groups excluding tert-OH is 1. The first-order valence-corrected chi connectivity index (χ1v) is 8.12. The zero-order valence-electron chi connectivity index (χ0n) is 13.3. The summed E-state index contributed by atoms with van der Waals surface area (Å²) in [6, 6.07) is 16.4. The minimum absolute atomic E-state index is 0.0903. The average Bonchev–Trinajstić information content (AvgIpc) is 2.59. The standard InChI is InChI=1S/C21H24O/c1-2-3-4-5-6-7-8-18-9-13-20(14-10-18)21-15-11-19(17-22)12-16-21/h9-16,22H,2-6,17H2,1H3. The molecule has 114 valence electrons. The van der Waals surface area contributed by atoms with Gasteiger partial charge in [0.25, 0.3) is 0 Å². The van der Waals surface area contributed by atoms with Crippen LogP contribution in [0, 0.1) is 11.8 Å². The summed E-state index contributed by atoms with van der Waals surface area (Å²) in [5.74, 6) is 6.49. The van der Waals surface area contributed by atoms with Crippen molar-refractivity contribution in [2.24, 2.45) is 0 Å². The molecule has 0 bridgehead atoms. The highest BCUT2D eigenvalue weighted by Gasteiger charge is 1.97. The van der Waals surface area contributed by atoms with Gasteiger partial charge < -0.3 is 5.11 Å². The van der Waals surface area contributed by atoms with E-state index in [4.69, 9.17) is 5.11 Å². The molecule has 0 spiro atoms. The Kier molecular flexibility index (Phi) is 6.74. The van der Waals surface area contributed by atoms with Crippen LogP contribution in [0.15, 0.2) is 48.5 Å². The number of rotatable bonds is 6. The molecule has 1 nitrogen and oxygen atoms in total. The Morgan fingerprint density at radius 2 is 1.45 bits per heavy atom. The van der Waals surface area contributed by atoms with Gasteiger partial charge in [-0.05, 0) is 35.2 Å². The van der Waals surface area contributed by atoms with Crippen molar-refractivity contribution in [1.82, 2.24) is 0 Å². The maximum absolute atomic E-state index is 9.07. The Labute approximate surface area is 134 Å². The fourth-order valence-corrected chi connectivity index (χ4v) is 2.35. The van der Waals surface area contributed by atoms with Crippen LogP contribution in [0.5, 0.6) is 0 Å². The van der Waals surface area contributed by atoms with Crippen molar-refractivity contribution in [3.05, 3.63) is 59.7 Å². The number of hydrogen-bond donors (Lipinski definition) is 1. The molecule has 0 aliphatic rings. The lowest BCUT2D eigenvalue weighted by molar-refractivity contribution is 0.282. The molecule has 2 aromatic carbocycles. The zero-order chi connectivity index (χ0) is 15.6. The lowest BCUT2D eigenvalue weighted by Gasteiger charge is -2.03. The van der Waals surface area contributed by atoms with E-state index < -0.39 is 0 Å². The highest BCUT2D eigenvalue weighted by molar-refractivity contribution is 5.64. The van der Waals surface area contributed by atoms with Crippen LogP contribution in [0.1, 0.15) is 50.2 Å². The number of hydrogen-bond acceptors (Lipinski definition) is 1. The summed E-state index contributed by atoms with van der Waals surface area (Å²) < 4.78 is 0. The molecule has 0 radical (unpaired) electrons. The van der Waals surface area contributed by atoms with Crippen LogP contribution in [0.2, 0.25) is 0 Å². The van der Waals surface area contributed by atoms with Gasteiger partial charge in [0.1, 0.15) is 0 Å². The van der Waals surface area contributed by atoms with Gasteiger partial charge in [-0.2, -0.15) is 0 Å². The first-order chi connectivity index (χ1) is 10.8. The lowest BCUT2D eigenvalue weighted by atomic mass is 10.0. The molecule has 0 aliphatic heterocycles. The van der Waals surface area contributed by atoms with E-state index in [1.165, 1.54) is 31.2 Å². The van der Waals surface area contributed by atoms with Gasteiger partial charge in [0.05, 0.1) is 6.61 Å². The molecule has 0 amide bonds. The molecule has 0 aliphatic carbocycles. The van der Waals surface area contributed by atoms with Crippen LogP contribution < -0.4 is 0 Å². The van der Waals surface area contributed by atoms with E-state index in [0.717, 1.165) is 23.1 Å². The molecule has 0 atom stereocenters. The largest absolute Gasteiger partial charge is 0.392 e. The quantitative estimate of drug-likeness (QED) is 0.575. The molecule has 0 aromatic heterocycles. The molecular formula is C21H24O. The first kappa shape index (κ1) is 16.3. The van der Waals surface area contributed by atoms with Crippen LogP contribution in [0.25, 0.3) is 11.1 Å². The van der Waals surface area contributed by atoms with E-state index >= 15 is 0 Å². The van der Waals surface area contributed by atoms with E-state index in [-0.39, 0.29) is 6.61 Å². The smallest absolute Gasteiger partial charge is 0.0681 e. The molecule has 0 unspecified atom stereocenters. The maximum Gasteiger partial charge on any atom is 0.0681 e. The highest BCUT2D eigenvalue weighted by atomic mass is 16.3. The second kappa shape index (κ2) is 9.07. The van der Waals surface area contributed by atoms with Crippen LogP contribution >= 0.6 is 0 Å². The Balaban J connectivity index is 1.93. The molecule has 0 saturated heterocycles. The van der Waals surface area contributed by atoms with Crippen molar-refractivity contribution < 1.29 is 5.11 Å². The lowest BCUT2D eigenvalue weighted by Crippen LogP contribution is -1.83. The Hall–Kier alpha value is -2.04. The van der Waals surface area contributed by atoms with Gasteiger partial charge in [-0.15, -0.1) is 0 Å². The molecule has 0 fully saturated rings. The second-order valence-electron chi connectivity index (χ2n) is 5.54. The van der Waals surface area contributed by atoms with Crippen molar-refractivity contribution in [2.75, 3.05) is 0 Å². The Bertz CT molecular complexity index is 612. The normalized spacial score (nSPS) is 10.1. The predicted octanol–water partition coefficient (Wildman–Crippen LogP) is 5.17. The number of benzene rings is 2. The Morgan fingerprint density at radius 1 is 0.818 bits per heavy atom. The topological polar surface area (TPSA) is 20.2 Å². The maximum atomic E-state index is 9.07. The van der Waals surface area contributed by atoms with Crippen molar-refractivity contribution in [1.29, 1.82) is 0 Å². The summed E-state index contributed by atoms with van der Waals surface area (Å²) in [5.41, 5.74) is 4.36. The summed E-state index contributed by atoms with van der Waals surface area (Å²) in [4.78, 5) is 0. The fraction of sp³-hybridized carbons (Fsp3) is 0.333. The molecule has 1 heteroatoms. The third-order valence-corrected chi connectivity index (χ3v) is 3.74. The molecule has 2 aromatic rings. The molecule has 0 heterocycles. The fourth-order valence-electron chi connectivity index (χ4n) is 2.35. The summed E-state index contributed by atoms with van der Waals surface area (Å²) in [5, 5.41) is 9.07. The first-order valence-electron chi connectivity index (χ1n) is 8.12. The van der Waals surface area contributed by atoms with Crippen LogP contribution in [-0.4, -0.2) is 5.11 Å². The minimum atomic E-state index is 0.0903. The van der Waals surface area contributed by atoms with Gasteiger partial charge in [-0.3, -0.25) is 0 Å². The van der Waals surface area contributed by atoms with Crippen molar-refractivity contribution >= 4 is 0 Å². The number of unbranched alkanes of at least 4 members (excludes halogenated alkanes) is 4. The van der Waals surface area contributed by atoms with Crippen LogP contribution in [-0.2, 0) is 6.61 Å². The number of aliphatic hydroxyl groups is 1.